The van der Waals surface area contributed by atoms with Gasteiger partial charge < -0.3 is 10.6 Å². The van der Waals surface area contributed by atoms with Gasteiger partial charge in [0, 0.05) is 19.3 Å². The van der Waals surface area contributed by atoms with Gasteiger partial charge in [-0.05, 0) is 67.7 Å². The standard InChI is InChI=1S/C25H31F2N7O3/c1-3-4-20(35)30-22(15-5-6-15)17-11-19-29-18(13-34(19)28-12-17)23(16-7-9-25(26,27)10-8-16)31-24(36)21-14(2)32-37-33-21/h11-13,15-16,22-23H,3-10H2,1-2H3,(H,30,35)(H,31,36)/t22-,23+/m1/s1. The Balaban J connectivity index is 1.43. The van der Waals surface area contributed by atoms with E-state index in [9.17, 15) is 18.4 Å². The highest BCUT2D eigenvalue weighted by molar-refractivity contribution is 5.93. The van der Waals surface area contributed by atoms with E-state index in [1.54, 1.807) is 23.8 Å². The van der Waals surface area contributed by atoms with E-state index in [-0.39, 0.29) is 49.2 Å². The van der Waals surface area contributed by atoms with Crippen LogP contribution in [0.3, 0.4) is 0 Å². The molecule has 2 amide bonds. The van der Waals surface area contributed by atoms with Crippen molar-refractivity contribution in [1.82, 2.24) is 35.5 Å². The van der Waals surface area contributed by atoms with Crippen molar-refractivity contribution in [3.8, 4) is 0 Å². The molecule has 37 heavy (non-hydrogen) atoms. The third-order valence-corrected chi connectivity index (χ3v) is 7.31. The summed E-state index contributed by atoms with van der Waals surface area (Å²) in [5, 5.41) is 17.9. The molecule has 2 fully saturated rings. The molecule has 198 valence electrons. The number of nitrogens with one attached hydrogen (secondary N) is 2. The molecule has 2 N–H and O–H groups in total. The van der Waals surface area contributed by atoms with Gasteiger partial charge in [0.15, 0.2) is 11.3 Å². The second-order valence-corrected chi connectivity index (χ2v) is 10.2. The molecule has 0 bridgehead atoms. The maximum atomic E-state index is 13.9. The number of rotatable bonds is 9. The van der Waals surface area contributed by atoms with Gasteiger partial charge in [-0.1, -0.05) is 12.1 Å². The Labute approximate surface area is 212 Å². The van der Waals surface area contributed by atoms with Gasteiger partial charge >= 0.3 is 0 Å². The molecule has 12 heteroatoms. The molecule has 3 aromatic rings. The maximum Gasteiger partial charge on any atom is 0.276 e. The van der Waals surface area contributed by atoms with Gasteiger partial charge in [0.1, 0.15) is 5.69 Å². The molecule has 2 aliphatic rings. The van der Waals surface area contributed by atoms with Crippen molar-refractivity contribution in [3.05, 3.63) is 41.1 Å². The van der Waals surface area contributed by atoms with Crippen LogP contribution in [0.4, 0.5) is 8.78 Å². The molecule has 3 aromatic heterocycles. The van der Waals surface area contributed by atoms with Gasteiger partial charge in [0.05, 0.1) is 30.2 Å². The largest absolute Gasteiger partial charge is 0.349 e. The number of carbonyl (C=O) groups is 2. The summed E-state index contributed by atoms with van der Waals surface area (Å²) in [4.78, 5) is 30.0. The first-order valence-corrected chi connectivity index (χ1v) is 12.9. The van der Waals surface area contributed by atoms with Crippen LogP contribution in [-0.4, -0.2) is 42.6 Å². The summed E-state index contributed by atoms with van der Waals surface area (Å²) < 4.78 is 34.1. The lowest BCUT2D eigenvalue weighted by Gasteiger charge is -2.33. The molecule has 0 unspecified atom stereocenters. The smallest absolute Gasteiger partial charge is 0.276 e. The van der Waals surface area contributed by atoms with Gasteiger partial charge in [0.25, 0.3) is 5.91 Å². The van der Waals surface area contributed by atoms with Crippen molar-refractivity contribution in [2.24, 2.45) is 11.8 Å². The fourth-order valence-corrected chi connectivity index (χ4v) is 5.08. The highest BCUT2D eigenvalue weighted by Gasteiger charge is 2.40. The fourth-order valence-electron chi connectivity index (χ4n) is 5.08. The van der Waals surface area contributed by atoms with Crippen molar-refractivity contribution >= 4 is 17.5 Å². The number of halogens is 2. The zero-order valence-electron chi connectivity index (χ0n) is 20.9. The lowest BCUT2D eigenvalue weighted by Crippen LogP contribution is -2.37. The molecular weight excluding hydrogens is 484 g/mol. The lowest BCUT2D eigenvalue weighted by atomic mass is 9.81. The Bertz CT molecular complexity index is 1280. The highest BCUT2D eigenvalue weighted by Crippen LogP contribution is 2.42. The molecule has 0 aromatic carbocycles. The van der Waals surface area contributed by atoms with Crippen molar-refractivity contribution in [2.75, 3.05) is 0 Å². The average Bonchev–Trinajstić information content (AvgIpc) is 3.47. The number of imidazole rings is 1. The number of alkyl halides is 2. The Kier molecular flexibility index (Phi) is 6.91. The van der Waals surface area contributed by atoms with Crippen LogP contribution in [0, 0.1) is 18.8 Å². The highest BCUT2D eigenvalue weighted by atomic mass is 19.3. The number of amides is 2. The number of aromatic nitrogens is 5. The van der Waals surface area contributed by atoms with Gasteiger partial charge in [-0.2, -0.15) is 5.10 Å². The number of hydrogen-bond donors (Lipinski definition) is 2. The van der Waals surface area contributed by atoms with Crippen molar-refractivity contribution < 1.29 is 23.0 Å². The van der Waals surface area contributed by atoms with Crippen LogP contribution in [0.15, 0.2) is 23.1 Å². The average molecular weight is 516 g/mol. The van der Waals surface area contributed by atoms with Crippen LogP contribution >= 0.6 is 0 Å². The first-order chi connectivity index (χ1) is 17.7. The molecule has 2 atom stereocenters. The molecule has 0 spiro atoms. The molecular formula is C25H31F2N7O3. The van der Waals surface area contributed by atoms with Gasteiger partial charge in [-0.25, -0.2) is 22.9 Å². The Morgan fingerprint density at radius 2 is 1.86 bits per heavy atom. The van der Waals surface area contributed by atoms with Gasteiger partial charge in [-0.3, -0.25) is 9.59 Å². The summed E-state index contributed by atoms with van der Waals surface area (Å²) in [6.07, 6.45) is 6.76. The second kappa shape index (κ2) is 10.1. The van der Waals surface area contributed by atoms with Crippen molar-refractivity contribution in [1.29, 1.82) is 0 Å². The van der Waals surface area contributed by atoms with Crippen LogP contribution in [0.2, 0.25) is 0 Å². The molecule has 10 nitrogen and oxygen atoms in total. The molecule has 0 saturated heterocycles. The Morgan fingerprint density at radius 3 is 2.51 bits per heavy atom. The zero-order chi connectivity index (χ0) is 26.2. The van der Waals surface area contributed by atoms with Crippen LogP contribution in [-0.2, 0) is 4.79 Å². The minimum Gasteiger partial charge on any atom is -0.349 e. The monoisotopic (exact) mass is 515 g/mol. The fraction of sp³-hybridized carbons (Fsp3) is 0.600. The van der Waals surface area contributed by atoms with E-state index < -0.39 is 17.9 Å². The summed E-state index contributed by atoms with van der Waals surface area (Å²) >= 11 is 0. The summed E-state index contributed by atoms with van der Waals surface area (Å²) in [7, 11) is 0. The number of aryl methyl sites for hydroxylation is 1. The maximum absolute atomic E-state index is 13.9. The first-order valence-electron chi connectivity index (χ1n) is 12.9. The minimum atomic E-state index is -2.70. The molecule has 3 heterocycles. The SMILES string of the molecule is CCCC(=O)N[C@@H](c1cnn2cc([C@@H](NC(=O)c3nonc3C)C3CCC(F)(F)CC3)nc2c1)C1CC1. The quantitative estimate of drug-likeness (QED) is 0.439. The Morgan fingerprint density at radius 1 is 1.14 bits per heavy atom. The molecule has 0 radical (unpaired) electrons. The molecule has 2 saturated carbocycles. The van der Waals surface area contributed by atoms with Gasteiger partial charge in [-0.15, -0.1) is 0 Å². The summed E-state index contributed by atoms with van der Waals surface area (Å²) in [6.45, 7) is 3.57. The Hall–Kier alpha value is -3.44. The van der Waals surface area contributed by atoms with Crippen LogP contribution in [0.25, 0.3) is 5.65 Å². The van der Waals surface area contributed by atoms with E-state index in [0.717, 1.165) is 24.8 Å². The van der Waals surface area contributed by atoms with Crippen LogP contribution in [0.5, 0.6) is 0 Å². The normalized spacial score (nSPS) is 19.5. The second-order valence-electron chi connectivity index (χ2n) is 10.2. The third kappa shape index (κ3) is 5.62. The zero-order valence-corrected chi connectivity index (χ0v) is 20.9. The van der Waals surface area contributed by atoms with E-state index in [1.165, 1.54) is 0 Å². The predicted molar refractivity (Wildman–Crippen MR) is 128 cm³/mol. The predicted octanol–water partition coefficient (Wildman–Crippen LogP) is 4.08. The van der Waals surface area contributed by atoms with E-state index in [0.29, 0.717) is 29.4 Å². The van der Waals surface area contributed by atoms with E-state index >= 15 is 0 Å². The summed E-state index contributed by atoms with van der Waals surface area (Å²) in [6, 6.07) is 1.15. The summed E-state index contributed by atoms with van der Waals surface area (Å²) in [5.74, 6) is -3.06. The van der Waals surface area contributed by atoms with E-state index in [4.69, 9.17) is 4.98 Å². The number of carbonyl (C=O) groups excluding carboxylic acids is 2. The third-order valence-electron chi connectivity index (χ3n) is 7.31. The number of fused-ring (bicyclic) bond motifs is 1. The topological polar surface area (TPSA) is 127 Å². The van der Waals surface area contributed by atoms with Crippen molar-refractivity contribution in [2.45, 2.75) is 83.2 Å². The lowest BCUT2D eigenvalue weighted by molar-refractivity contribution is -0.122. The van der Waals surface area contributed by atoms with Gasteiger partial charge in [0.2, 0.25) is 11.8 Å². The molecule has 5 rings (SSSR count). The number of hydrogen-bond acceptors (Lipinski definition) is 7. The number of nitrogens with zero attached hydrogens (tertiary/aromatic N) is 5. The van der Waals surface area contributed by atoms with E-state index in [2.05, 4.69) is 30.7 Å². The van der Waals surface area contributed by atoms with E-state index in [1.807, 2.05) is 13.0 Å². The first kappa shape index (κ1) is 25.2. The summed E-state index contributed by atoms with van der Waals surface area (Å²) in [5.41, 5.74) is 2.34. The minimum absolute atomic E-state index is 0.0119. The van der Waals surface area contributed by atoms with Crippen LogP contribution < -0.4 is 10.6 Å². The van der Waals surface area contributed by atoms with Crippen molar-refractivity contribution in [3.63, 3.8) is 0 Å². The molecule has 0 aliphatic heterocycles. The molecule has 2 aliphatic carbocycles. The van der Waals surface area contributed by atoms with Crippen LogP contribution in [0.1, 0.15) is 97.8 Å².